The fourth-order valence-electron chi connectivity index (χ4n) is 4.71. The van der Waals surface area contributed by atoms with E-state index in [1.165, 1.54) is 0 Å². The van der Waals surface area contributed by atoms with Gasteiger partial charge in [0.2, 0.25) is 5.91 Å². The lowest BCUT2D eigenvalue weighted by Gasteiger charge is -2.28. The first-order chi connectivity index (χ1) is 14.1. The lowest BCUT2D eigenvalue weighted by atomic mass is 9.84. The van der Waals surface area contributed by atoms with Crippen LogP contribution in [0.3, 0.4) is 0 Å². The number of ether oxygens (including phenoxy) is 1. The van der Waals surface area contributed by atoms with E-state index in [0.717, 1.165) is 36.0 Å². The molecule has 7 heteroatoms. The molecule has 2 saturated heterocycles. The number of fused-ring (bicyclic) bond motifs is 2. The zero-order valence-corrected chi connectivity index (χ0v) is 17.6. The van der Waals surface area contributed by atoms with Crippen molar-refractivity contribution in [3.63, 3.8) is 0 Å². The molecule has 1 aromatic heterocycles. The second kappa shape index (κ2) is 7.31. The minimum absolute atomic E-state index is 0.0973. The van der Waals surface area contributed by atoms with Crippen molar-refractivity contribution >= 4 is 17.8 Å². The van der Waals surface area contributed by atoms with E-state index in [0.29, 0.717) is 11.4 Å². The van der Waals surface area contributed by atoms with Crippen LogP contribution in [0.2, 0.25) is 0 Å². The molecule has 4 rings (SSSR count). The average Bonchev–Trinajstić information content (AvgIpc) is 3.25. The molecule has 2 bridgehead atoms. The summed E-state index contributed by atoms with van der Waals surface area (Å²) in [6, 6.07) is 9.39. The van der Waals surface area contributed by atoms with E-state index in [1.807, 2.05) is 37.8 Å². The molecule has 3 atom stereocenters. The van der Waals surface area contributed by atoms with E-state index < -0.39 is 11.5 Å². The molecule has 0 saturated carbocycles. The van der Waals surface area contributed by atoms with Crippen LogP contribution in [0.4, 0.5) is 10.6 Å². The predicted molar refractivity (Wildman–Crippen MR) is 115 cm³/mol. The first-order valence-corrected chi connectivity index (χ1v) is 10.3. The molecule has 4 N–H and O–H groups in total. The molecule has 3 heterocycles. The van der Waals surface area contributed by atoms with E-state index in [9.17, 15) is 9.59 Å². The number of primary amides is 1. The number of hydrogen-bond acceptors (Lipinski definition) is 5. The summed E-state index contributed by atoms with van der Waals surface area (Å²) in [6.45, 7) is 5.66. The van der Waals surface area contributed by atoms with Crippen LogP contribution in [0.1, 0.15) is 61.9 Å². The van der Waals surface area contributed by atoms with Crippen molar-refractivity contribution in [1.82, 2.24) is 9.88 Å². The number of nitrogens with zero attached hydrogens (tertiary/aromatic N) is 2. The molecule has 3 unspecified atom stereocenters. The lowest BCUT2D eigenvalue weighted by Crippen LogP contribution is -2.40. The molecule has 0 spiro atoms. The highest BCUT2D eigenvalue weighted by Gasteiger charge is 2.50. The highest BCUT2D eigenvalue weighted by Crippen LogP contribution is 2.48. The van der Waals surface area contributed by atoms with Gasteiger partial charge in [0.25, 0.3) is 0 Å². The molecule has 2 amide bonds. The number of hydrogen-bond donors (Lipinski definition) is 2. The Kier molecular flexibility index (Phi) is 4.92. The van der Waals surface area contributed by atoms with Crippen molar-refractivity contribution in [3.8, 4) is 11.1 Å². The maximum Gasteiger partial charge on any atom is 0.410 e. The Morgan fingerprint density at radius 3 is 2.67 bits per heavy atom. The summed E-state index contributed by atoms with van der Waals surface area (Å²) < 4.78 is 5.64. The summed E-state index contributed by atoms with van der Waals surface area (Å²) >= 11 is 0. The van der Waals surface area contributed by atoms with Crippen LogP contribution in [0.25, 0.3) is 11.1 Å². The number of pyridine rings is 1. The molecule has 30 heavy (non-hydrogen) atoms. The van der Waals surface area contributed by atoms with Crippen molar-refractivity contribution in [3.05, 3.63) is 47.7 Å². The molecule has 2 aliphatic rings. The number of carbonyl (C=O) groups excluding carboxylic acids is 2. The molecule has 2 aromatic rings. The number of amides is 2. The van der Waals surface area contributed by atoms with Gasteiger partial charge in [0.15, 0.2) is 0 Å². The van der Waals surface area contributed by atoms with Crippen molar-refractivity contribution in [2.45, 2.75) is 63.6 Å². The van der Waals surface area contributed by atoms with Gasteiger partial charge in [-0.05, 0) is 69.4 Å². The van der Waals surface area contributed by atoms with Gasteiger partial charge in [-0.15, -0.1) is 0 Å². The maximum atomic E-state index is 12.8. The number of anilines is 1. The Hall–Kier alpha value is -3.09. The quantitative estimate of drug-likeness (QED) is 0.804. The van der Waals surface area contributed by atoms with Gasteiger partial charge < -0.3 is 21.1 Å². The first-order valence-electron chi connectivity index (χ1n) is 10.3. The van der Waals surface area contributed by atoms with Gasteiger partial charge >= 0.3 is 6.09 Å². The summed E-state index contributed by atoms with van der Waals surface area (Å²) in [5.41, 5.74) is 14.1. The van der Waals surface area contributed by atoms with E-state index in [4.69, 9.17) is 16.2 Å². The molecule has 0 radical (unpaired) electrons. The van der Waals surface area contributed by atoms with Crippen LogP contribution in [-0.2, 0) is 4.74 Å². The molecular weight excluding hydrogens is 380 g/mol. The number of nitrogens with two attached hydrogens (primary N) is 2. The van der Waals surface area contributed by atoms with E-state index in [2.05, 4.69) is 4.98 Å². The summed E-state index contributed by atoms with van der Waals surface area (Å²) in [5.74, 6) is 0.0932. The van der Waals surface area contributed by atoms with Crippen molar-refractivity contribution in [2.75, 3.05) is 5.73 Å². The Bertz CT molecular complexity index is 998. The van der Waals surface area contributed by atoms with Crippen LogP contribution in [-0.4, -0.2) is 39.6 Å². The maximum absolute atomic E-state index is 12.8. The molecule has 2 aliphatic heterocycles. The first kappa shape index (κ1) is 20.2. The molecular formula is C23H28N4O3. The highest BCUT2D eigenvalue weighted by molar-refractivity contribution is 5.94. The molecule has 0 aliphatic carbocycles. The van der Waals surface area contributed by atoms with Crippen LogP contribution in [0.5, 0.6) is 0 Å². The summed E-state index contributed by atoms with van der Waals surface area (Å²) in [5, 5.41) is 0. The standard InChI is InChI=1S/C23H28N4O3/c1-23(2,3)30-22(29)27-16-7-8-19(27)17(11-16)15-10-18(20(24)26-12-15)13-5-4-6-14(9-13)21(25)28/h4-6,9-10,12,16-17,19H,7-8,11H2,1-3H3,(H2,24,26)(H2,25,28). The summed E-state index contributed by atoms with van der Waals surface area (Å²) in [4.78, 5) is 30.7. The average molecular weight is 409 g/mol. The van der Waals surface area contributed by atoms with Gasteiger partial charge in [-0.2, -0.15) is 0 Å². The van der Waals surface area contributed by atoms with Gasteiger partial charge in [0, 0.05) is 35.3 Å². The normalized spacial score (nSPS) is 22.9. The van der Waals surface area contributed by atoms with Crippen LogP contribution < -0.4 is 11.5 Å². The van der Waals surface area contributed by atoms with Gasteiger partial charge in [-0.3, -0.25) is 4.79 Å². The third-order valence-electron chi connectivity index (χ3n) is 5.97. The van der Waals surface area contributed by atoms with Crippen LogP contribution in [0.15, 0.2) is 36.5 Å². The Labute approximate surface area is 176 Å². The topological polar surface area (TPSA) is 112 Å². The fraction of sp³-hybridized carbons (Fsp3) is 0.435. The monoisotopic (exact) mass is 408 g/mol. The number of benzene rings is 1. The van der Waals surface area contributed by atoms with E-state index >= 15 is 0 Å². The minimum Gasteiger partial charge on any atom is -0.444 e. The van der Waals surface area contributed by atoms with Crippen molar-refractivity contribution in [2.24, 2.45) is 5.73 Å². The van der Waals surface area contributed by atoms with Gasteiger partial charge in [0.1, 0.15) is 11.4 Å². The number of aromatic nitrogens is 1. The van der Waals surface area contributed by atoms with Gasteiger partial charge in [0.05, 0.1) is 0 Å². The number of carbonyl (C=O) groups is 2. The second-order valence-corrected chi connectivity index (χ2v) is 9.17. The molecule has 7 nitrogen and oxygen atoms in total. The summed E-state index contributed by atoms with van der Waals surface area (Å²) in [7, 11) is 0. The fourth-order valence-corrected chi connectivity index (χ4v) is 4.71. The third kappa shape index (κ3) is 3.72. The SMILES string of the molecule is CC(C)(C)OC(=O)N1C2CCC1C(c1cnc(N)c(-c3cccc(C(N)=O)c3)c1)C2. The second-order valence-electron chi connectivity index (χ2n) is 9.17. The lowest BCUT2D eigenvalue weighted by molar-refractivity contribution is 0.0212. The van der Waals surface area contributed by atoms with Crippen molar-refractivity contribution in [1.29, 1.82) is 0 Å². The summed E-state index contributed by atoms with van der Waals surface area (Å²) in [6.07, 6.45) is 4.39. The Morgan fingerprint density at radius 2 is 1.97 bits per heavy atom. The largest absolute Gasteiger partial charge is 0.444 e. The molecule has 158 valence electrons. The number of rotatable bonds is 3. The number of nitrogen functional groups attached to an aromatic ring is 1. The van der Waals surface area contributed by atoms with Crippen molar-refractivity contribution < 1.29 is 14.3 Å². The minimum atomic E-state index is -0.518. The van der Waals surface area contributed by atoms with E-state index in [1.54, 1.807) is 24.4 Å². The Morgan fingerprint density at radius 1 is 1.20 bits per heavy atom. The van der Waals surface area contributed by atoms with E-state index in [-0.39, 0.29) is 24.1 Å². The Balaban J connectivity index is 1.63. The molecule has 2 fully saturated rings. The van der Waals surface area contributed by atoms with Gasteiger partial charge in [-0.1, -0.05) is 12.1 Å². The zero-order chi connectivity index (χ0) is 21.6. The predicted octanol–water partition coefficient (Wildman–Crippen LogP) is 3.69. The zero-order valence-electron chi connectivity index (χ0n) is 17.6. The van der Waals surface area contributed by atoms with Crippen LogP contribution in [0, 0.1) is 0 Å². The van der Waals surface area contributed by atoms with Crippen LogP contribution >= 0.6 is 0 Å². The van der Waals surface area contributed by atoms with Gasteiger partial charge in [-0.25, -0.2) is 9.78 Å². The smallest absolute Gasteiger partial charge is 0.410 e. The molecule has 1 aromatic carbocycles. The highest BCUT2D eigenvalue weighted by atomic mass is 16.6. The third-order valence-corrected chi connectivity index (χ3v) is 5.97.